The van der Waals surface area contributed by atoms with Crippen molar-refractivity contribution in [3.63, 3.8) is 0 Å². The minimum absolute atomic E-state index is 0.176. The zero-order chi connectivity index (χ0) is 30.1. The molecule has 0 amide bonds. The molecule has 1 aliphatic rings. The molecule has 5 rings (SSSR count). The smallest absolute Gasteiger partial charge is 0.338 e. The molecule has 10 heteroatoms. The van der Waals surface area contributed by atoms with Gasteiger partial charge in [-0.3, -0.25) is 9.36 Å². The molecule has 0 fully saturated rings. The molecule has 0 aliphatic carbocycles. The van der Waals surface area contributed by atoms with Crippen molar-refractivity contribution in [3.05, 3.63) is 113 Å². The van der Waals surface area contributed by atoms with Crippen LogP contribution in [0.3, 0.4) is 0 Å². The van der Waals surface area contributed by atoms with Crippen LogP contribution in [-0.4, -0.2) is 28.8 Å². The van der Waals surface area contributed by atoms with Crippen molar-refractivity contribution in [3.8, 4) is 11.4 Å². The molecule has 0 N–H and O–H groups in total. The molecule has 0 saturated carbocycles. The Morgan fingerprint density at radius 2 is 1.88 bits per heavy atom. The van der Waals surface area contributed by atoms with Crippen LogP contribution in [0.5, 0.6) is 5.75 Å². The predicted octanol–water partition coefficient (Wildman–Crippen LogP) is 5.79. The summed E-state index contributed by atoms with van der Waals surface area (Å²) in [5.41, 5.74) is 4.65. The summed E-state index contributed by atoms with van der Waals surface area (Å²) in [6, 6.07) is 12.6. The van der Waals surface area contributed by atoms with Crippen molar-refractivity contribution >= 4 is 35.0 Å². The number of nitrogens with zero attached hydrogens (tertiary/aromatic N) is 3. The van der Waals surface area contributed by atoms with Gasteiger partial charge in [0.15, 0.2) is 4.80 Å². The van der Waals surface area contributed by atoms with Crippen molar-refractivity contribution in [1.29, 1.82) is 0 Å². The number of thiazole rings is 1. The number of esters is 1. The summed E-state index contributed by atoms with van der Waals surface area (Å²) in [5, 5.41) is 0.443. The van der Waals surface area contributed by atoms with Crippen LogP contribution in [0.15, 0.2) is 69.6 Å². The molecule has 3 heterocycles. The highest BCUT2D eigenvalue weighted by atomic mass is 35.5. The molecule has 2 aromatic carbocycles. The van der Waals surface area contributed by atoms with E-state index in [1.165, 1.54) is 35.1 Å². The minimum atomic E-state index is -0.843. The van der Waals surface area contributed by atoms with Gasteiger partial charge in [0.2, 0.25) is 0 Å². The van der Waals surface area contributed by atoms with E-state index in [2.05, 4.69) is 0 Å². The number of methoxy groups -OCH3 is 1. The molecular formula is C32H31ClFN3O4S. The van der Waals surface area contributed by atoms with Crippen LogP contribution in [0.4, 0.5) is 4.39 Å². The number of ether oxygens (including phenoxy) is 2. The Labute approximate surface area is 251 Å². The lowest BCUT2D eigenvalue weighted by Gasteiger charge is -2.27. The topological polar surface area (TPSA) is 74.8 Å². The van der Waals surface area contributed by atoms with Crippen molar-refractivity contribution in [2.75, 3.05) is 13.7 Å². The molecule has 0 bridgehead atoms. The standard InChI is InChI=1S/C32H31ClFN3O4S/c1-6-8-25-28(31(39)41-7-2)29(24-17-21(33)9-14-26(24)40-5)37-30(38)27(42-32(37)35-25)16-20-15-18(3)36(19(20)4)23-12-10-22(34)11-13-23/h9-17,29H,6-8H2,1-5H3/b27-16+/t29-/m1/s1. The van der Waals surface area contributed by atoms with Gasteiger partial charge in [-0.15, -0.1) is 0 Å². The van der Waals surface area contributed by atoms with Gasteiger partial charge in [0.05, 0.1) is 29.5 Å². The Balaban J connectivity index is 1.76. The predicted molar refractivity (Wildman–Crippen MR) is 163 cm³/mol. The summed E-state index contributed by atoms with van der Waals surface area (Å²) >= 11 is 7.69. The number of hydrogen-bond donors (Lipinski definition) is 0. The number of benzene rings is 2. The molecule has 4 aromatic rings. The third-order valence-corrected chi connectivity index (χ3v) is 8.44. The second-order valence-corrected chi connectivity index (χ2v) is 11.4. The number of carbonyl (C=O) groups excluding carboxylic acids is 1. The van der Waals surface area contributed by atoms with E-state index < -0.39 is 12.0 Å². The van der Waals surface area contributed by atoms with Gasteiger partial charge in [0.25, 0.3) is 5.56 Å². The van der Waals surface area contributed by atoms with Crippen LogP contribution in [0, 0.1) is 19.7 Å². The summed E-state index contributed by atoms with van der Waals surface area (Å²) in [5.74, 6) is -0.353. The minimum Gasteiger partial charge on any atom is -0.496 e. The van der Waals surface area contributed by atoms with E-state index in [9.17, 15) is 14.0 Å². The van der Waals surface area contributed by atoms with E-state index in [4.69, 9.17) is 26.1 Å². The van der Waals surface area contributed by atoms with Gasteiger partial charge >= 0.3 is 5.97 Å². The van der Waals surface area contributed by atoms with E-state index in [0.29, 0.717) is 43.4 Å². The average molecular weight is 608 g/mol. The van der Waals surface area contributed by atoms with Gasteiger partial charge in [-0.05, 0) is 87.4 Å². The first-order valence-electron chi connectivity index (χ1n) is 13.7. The van der Waals surface area contributed by atoms with Gasteiger partial charge in [0, 0.05) is 27.7 Å². The van der Waals surface area contributed by atoms with Crippen LogP contribution >= 0.6 is 22.9 Å². The fourth-order valence-corrected chi connectivity index (χ4v) is 6.59. The van der Waals surface area contributed by atoms with Gasteiger partial charge < -0.3 is 14.0 Å². The highest BCUT2D eigenvalue weighted by Gasteiger charge is 2.36. The Kier molecular flexibility index (Phi) is 8.52. The van der Waals surface area contributed by atoms with Gasteiger partial charge in [0.1, 0.15) is 17.6 Å². The lowest BCUT2D eigenvalue weighted by atomic mass is 9.93. The van der Waals surface area contributed by atoms with Crippen molar-refractivity contribution < 1.29 is 18.7 Å². The molecule has 0 saturated heterocycles. The van der Waals surface area contributed by atoms with Crippen LogP contribution in [0.1, 0.15) is 55.2 Å². The summed E-state index contributed by atoms with van der Waals surface area (Å²) < 4.78 is 28.7. The lowest BCUT2D eigenvalue weighted by molar-refractivity contribution is -0.139. The number of allylic oxidation sites excluding steroid dienone is 1. The SMILES string of the molecule is CCCC1=C(C(=O)OCC)[C@@H](c2cc(Cl)ccc2OC)n2c(s/c(=C/c3cc(C)n(-c4ccc(F)cc4)c3C)c2=O)=N1. The monoisotopic (exact) mass is 607 g/mol. The number of carbonyl (C=O) groups is 1. The molecule has 0 unspecified atom stereocenters. The highest BCUT2D eigenvalue weighted by molar-refractivity contribution is 7.07. The first-order valence-corrected chi connectivity index (χ1v) is 14.9. The van der Waals surface area contributed by atoms with Crippen molar-refractivity contribution in [2.45, 2.75) is 46.6 Å². The molecular weight excluding hydrogens is 577 g/mol. The van der Waals surface area contributed by atoms with Crippen molar-refractivity contribution in [1.82, 2.24) is 9.13 Å². The average Bonchev–Trinajstić information content (AvgIpc) is 3.42. The molecule has 2 aromatic heterocycles. The number of aromatic nitrogens is 2. The van der Waals surface area contributed by atoms with Gasteiger partial charge in [-0.1, -0.05) is 36.3 Å². The maximum absolute atomic E-state index is 14.2. The molecule has 0 radical (unpaired) electrons. The van der Waals surface area contributed by atoms with Crippen LogP contribution in [0.2, 0.25) is 5.02 Å². The number of fused-ring (bicyclic) bond motifs is 1. The zero-order valence-corrected chi connectivity index (χ0v) is 25.6. The fourth-order valence-electron chi connectivity index (χ4n) is 5.40. The second kappa shape index (κ2) is 12.1. The highest BCUT2D eigenvalue weighted by Crippen LogP contribution is 2.38. The summed E-state index contributed by atoms with van der Waals surface area (Å²) in [4.78, 5) is 32.9. The molecule has 1 atom stereocenters. The normalized spacial score (nSPS) is 15.0. The zero-order valence-electron chi connectivity index (χ0n) is 24.0. The number of aryl methyl sites for hydroxylation is 1. The summed E-state index contributed by atoms with van der Waals surface area (Å²) in [6.45, 7) is 7.84. The largest absolute Gasteiger partial charge is 0.496 e. The Morgan fingerprint density at radius 1 is 1.14 bits per heavy atom. The third-order valence-electron chi connectivity index (χ3n) is 7.22. The third kappa shape index (κ3) is 5.34. The van der Waals surface area contributed by atoms with E-state index in [1.54, 1.807) is 37.3 Å². The summed E-state index contributed by atoms with van der Waals surface area (Å²) in [7, 11) is 1.54. The maximum atomic E-state index is 14.2. The van der Waals surface area contributed by atoms with Crippen molar-refractivity contribution in [2.24, 2.45) is 4.99 Å². The second-order valence-electron chi connectivity index (χ2n) is 9.94. The van der Waals surface area contributed by atoms with E-state index in [-0.39, 0.29) is 18.0 Å². The molecule has 1 aliphatic heterocycles. The Hall–Kier alpha value is -3.95. The quantitative estimate of drug-likeness (QED) is 0.238. The first kappa shape index (κ1) is 29.5. The molecule has 218 valence electrons. The van der Waals surface area contributed by atoms with E-state index in [0.717, 1.165) is 29.1 Å². The van der Waals surface area contributed by atoms with Gasteiger partial charge in [-0.25, -0.2) is 14.2 Å². The summed E-state index contributed by atoms with van der Waals surface area (Å²) in [6.07, 6.45) is 3.11. The van der Waals surface area contributed by atoms with Crippen LogP contribution in [0.25, 0.3) is 11.8 Å². The maximum Gasteiger partial charge on any atom is 0.338 e. The molecule has 0 spiro atoms. The molecule has 42 heavy (non-hydrogen) atoms. The molecule has 7 nitrogen and oxygen atoms in total. The van der Waals surface area contributed by atoms with E-state index >= 15 is 0 Å². The van der Waals surface area contributed by atoms with E-state index in [1.807, 2.05) is 37.5 Å². The lowest BCUT2D eigenvalue weighted by Crippen LogP contribution is -2.40. The van der Waals surface area contributed by atoms with Gasteiger partial charge in [-0.2, -0.15) is 0 Å². The van der Waals surface area contributed by atoms with Crippen LogP contribution < -0.4 is 19.6 Å². The van der Waals surface area contributed by atoms with Crippen LogP contribution in [-0.2, 0) is 9.53 Å². The number of rotatable bonds is 8. The number of halogens is 2. The first-order chi connectivity index (χ1) is 20.2. The number of hydrogen-bond acceptors (Lipinski definition) is 6. The fraction of sp³-hybridized carbons (Fsp3) is 0.281. The Morgan fingerprint density at radius 3 is 2.55 bits per heavy atom. The Bertz CT molecular complexity index is 1890.